The molecule has 0 aliphatic carbocycles. The van der Waals surface area contributed by atoms with Crippen LogP contribution in [0.4, 0.5) is 11.8 Å². The first-order valence-corrected chi connectivity index (χ1v) is 3.56. The SMILES string of the molecule is CNc1nc(N)ncc1COC. The summed E-state index contributed by atoms with van der Waals surface area (Å²) < 4.78 is 4.95. The summed E-state index contributed by atoms with van der Waals surface area (Å²) in [6.45, 7) is 0.483. The Balaban J connectivity index is 2.94. The van der Waals surface area contributed by atoms with Crippen LogP contribution < -0.4 is 11.1 Å². The molecule has 0 saturated carbocycles. The first-order valence-electron chi connectivity index (χ1n) is 3.56. The lowest BCUT2D eigenvalue weighted by atomic mass is 10.3. The van der Waals surface area contributed by atoms with Gasteiger partial charge in [0.2, 0.25) is 5.95 Å². The van der Waals surface area contributed by atoms with E-state index in [-0.39, 0.29) is 5.95 Å². The molecule has 0 aliphatic heterocycles. The van der Waals surface area contributed by atoms with E-state index in [0.717, 1.165) is 5.56 Å². The average Bonchev–Trinajstić information content (AvgIpc) is 2.08. The van der Waals surface area contributed by atoms with Crippen LogP contribution in [0.3, 0.4) is 0 Å². The van der Waals surface area contributed by atoms with E-state index in [1.54, 1.807) is 20.4 Å². The number of aromatic nitrogens is 2. The number of hydrogen-bond acceptors (Lipinski definition) is 5. The average molecular weight is 168 g/mol. The number of nitrogens with zero attached hydrogens (tertiary/aromatic N) is 2. The predicted molar refractivity (Wildman–Crippen MR) is 46.7 cm³/mol. The molecule has 0 aromatic carbocycles. The molecule has 0 radical (unpaired) electrons. The second-order valence-electron chi connectivity index (χ2n) is 2.29. The molecule has 3 N–H and O–H groups in total. The zero-order chi connectivity index (χ0) is 8.97. The Hall–Kier alpha value is -1.36. The van der Waals surface area contributed by atoms with Crippen LogP contribution in [-0.4, -0.2) is 24.1 Å². The molecule has 1 rings (SSSR count). The van der Waals surface area contributed by atoms with Gasteiger partial charge in [-0.05, 0) is 0 Å². The van der Waals surface area contributed by atoms with Gasteiger partial charge in [-0.3, -0.25) is 0 Å². The third kappa shape index (κ3) is 1.82. The minimum Gasteiger partial charge on any atom is -0.380 e. The van der Waals surface area contributed by atoms with Gasteiger partial charge in [-0.2, -0.15) is 4.98 Å². The van der Waals surface area contributed by atoms with E-state index in [4.69, 9.17) is 10.5 Å². The second-order valence-corrected chi connectivity index (χ2v) is 2.29. The lowest BCUT2D eigenvalue weighted by Crippen LogP contribution is -2.04. The standard InChI is InChI=1S/C7H12N4O/c1-9-6-5(4-12-2)3-10-7(8)11-6/h3H,4H2,1-2H3,(H3,8,9,10,11). The fourth-order valence-electron chi connectivity index (χ4n) is 0.898. The third-order valence-corrected chi connectivity index (χ3v) is 1.42. The number of ether oxygens (including phenoxy) is 1. The van der Waals surface area contributed by atoms with Crippen LogP contribution in [0, 0.1) is 0 Å². The topological polar surface area (TPSA) is 73.1 Å². The summed E-state index contributed by atoms with van der Waals surface area (Å²) >= 11 is 0. The summed E-state index contributed by atoms with van der Waals surface area (Å²) in [5.41, 5.74) is 6.29. The van der Waals surface area contributed by atoms with Gasteiger partial charge >= 0.3 is 0 Å². The highest BCUT2D eigenvalue weighted by atomic mass is 16.5. The maximum Gasteiger partial charge on any atom is 0.221 e. The molecule has 1 aromatic heterocycles. The molecule has 0 saturated heterocycles. The molecule has 1 aromatic rings. The zero-order valence-corrected chi connectivity index (χ0v) is 7.16. The lowest BCUT2D eigenvalue weighted by molar-refractivity contribution is 0.185. The molecule has 0 amide bonds. The van der Waals surface area contributed by atoms with Crippen molar-refractivity contribution in [2.45, 2.75) is 6.61 Å². The number of hydrogen-bond donors (Lipinski definition) is 2. The van der Waals surface area contributed by atoms with E-state index in [1.165, 1.54) is 0 Å². The van der Waals surface area contributed by atoms with Crippen molar-refractivity contribution >= 4 is 11.8 Å². The quantitative estimate of drug-likeness (QED) is 0.676. The molecule has 66 valence electrons. The summed E-state index contributed by atoms with van der Waals surface area (Å²) in [6.07, 6.45) is 1.65. The Kier molecular flexibility index (Phi) is 2.82. The van der Waals surface area contributed by atoms with Gasteiger partial charge < -0.3 is 15.8 Å². The summed E-state index contributed by atoms with van der Waals surface area (Å²) in [6, 6.07) is 0. The van der Waals surface area contributed by atoms with Gasteiger partial charge in [0.05, 0.1) is 6.61 Å². The Morgan fingerprint density at radius 2 is 2.42 bits per heavy atom. The minimum absolute atomic E-state index is 0.263. The molecule has 0 spiro atoms. The predicted octanol–water partition coefficient (Wildman–Crippen LogP) is 0.247. The molecule has 5 nitrogen and oxygen atoms in total. The van der Waals surface area contributed by atoms with Crippen LogP contribution in [0.15, 0.2) is 6.20 Å². The number of methoxy groups -OCH3 is 1. The van der Waals surface area contributed by atoms with E-state index in [9.17, 15) is 0 Å². The highest BCUT2D eigenvalue weighted by Crippen LogP contribution is 2.11. The molecule has 0 unspecified atom stereocenters. The Labute approximate surface area is 71.0 Å². The summed E-state index contributed by atoms with van der Waals surface area (Å²) in [5, 5.41) is 2.91. The van der Waals surface area contributed by atoms with E-state index < -0.39 is 0 Å². The van der Waals surface area contributed by atoms with Crippen molar-refractivity contribution in [3.63, 3.8) is 0 Å². The first-order chi connectivity index (χ1) is 5.77. The van der Waals surface area contributed by atoms with Gasteiger partial charge in [0.15, 0.2) is 0 Å². The minimum atomic E-state index is 0.263. The maximum absolute atomic E-state index is 5.40. The van der Waals surface area contributed by atoms with Crippen molar-refractivity contribution in [3.8, 4) is 0 Å². The van der Waals surface area contributed by atoms with Crippen LogP contribution >= 0.6 is 0 Å². The van der Waals surface area contributed by atoms with E-state index >= 15 is 0 Å². The van der Waals surface area contributed by atoms with E-state index in [1.807, 2.05) is 0 Å². The summed E-state index contributed by atoms with van der Waals surface area (Å²) in [4.78, 5) is 7.84. The van der Waals surface area contributed by atoms with Crippen molar-refractivity contribution in [2.24, 2.45) is 0 Å². The lowest BCUT2D eigenvalue weighted by Gasteiger charge is -2.06. The fourth-order valence-corrected chi connectivity index (χ4v) is 0.898. The molecule has 0 aliphatic rings. The number of nitrogens with two attached hydrogens (primary N) is 1. The molecular weight excluding hydrogens is 156 g/mol. The van der Waals surface area contributed by atoms with E-state index in [2.05, 4.69) is 15.3 Å². The molecule has 0 fully saturated rings. The number of nitrogens with one attached hydrogen (secondary N) is 1. The highest BCUT2D eigenvalue weighted by Gasteiger charge is 2.02. The second kappa shape index (κ2) is 3.87. The van der Waals surface area contributed by atoms with E-state index in [0.29, 0.717) is 12.4 Å². The molecule has 5 heteroatoms. The van der Waals surface area contributed by atoms with Gasteiger partial charge in [-0.25, -0.2) is 4.98 Å². The van der Waals surface area contributed by atoms with Crippen molar-refractivity contribution in [2.75, 3.05) is 25.2 Å². The smallest absolute Gasteiger partial charge is 0.221 e. The molecule has 1 heterocycles. The van der Waals surface area contributed by atoms with Gasteiger partial charge in [-0.1, -0.05) is 0 Å². The maximum atomic E-state index is 5.40. The van der Waals surface area contributed by atoms with Crippen molar-refractivity contribution in [1.29, 1.82) is 0 Å². The van der Waals surface area contributed by atoms with Crippen molar-refractivity contribution in [1.82, 2.24) is 9.97 Å². The number of nitrogen functional groups attached to an aromatic ring is 1. The zero-order valence-electron chi connectivity index (χ0n) is 7.16. The van der Waals surface area contributed by atoms with Crippen LogP contribution in [-0.2, 0) is 11.3 Å². The Morgan fingerprint density at radius 1 is 1.67 bits per heavy atom. The van der Waals surface area contributed by atoms with Gasteiger partial charge in [0.1, 0.15) is 5.82 Å². The van der Waals surface area contributed by atoms with Gasteiger partial charge in [0.25, 0.3) is 0 Å². The fraction of sp³-hybridized carbons (Fsp3) is 0.429. The van der Waals surface area contributed by atoms with Crippen LogP contribution in [0.25, 0.3) is 0 Å². The largest absolute Gasteiger partial charge is 0.380 e. The van der Waals surface area contributed by atoms with Gasteiger partial charge in [0, 0.05) is 25.9 Å². The van der Waals surface area contributed by atoms with Crippen molar-refractivity contribution < 1.29 is 4.74 Å². The van der Waals surface area contributed by atoms with Gasteiger partial charge in [-0.15, -0.1) is 0 Å². The number of anilines is 2. The molecule has 0 atom stereocenters. The normalized spacial score (nSPS) is 9.83. The van der Waals surface area contributed by atoms with Crippen LogP contribution in [0.1, 0.15) is 5.56 Å². The number of rotatable bonds is 3. The molecular formula is C7H12N4O. The summed E-state index contributed by atoms with van der Waals surface area (Å²) in [7, 11) is 3.40. The van der Waals surface area contributed by atoms with Crippen LogP contribution in [0.2, 0.25) is 0 Å². The molecule has 0 bridgehead atoms. The monoisotopic (exact) mass is 168 g/mol. The third-order valence-electron chi connectivity index (χ3n) is 1.42. The first kappa shape index (κ1) is 8.73. The Morgan fingerprint density at radius 3 is 3.00 bits per heavy atom. The highest BCUT2D eigenvalue weighted by molar-refractivity contribution is 5.44. The van der Waals surface area contributed by atoms with Crippen LogP contribution in [0.5, 0.6) is 0 Å². The van der Waals surface area contributed by atoms with Crippen molar-refractivity contribution in [3.05, 3.63) is 11.8 Å². The summed E-state index contributed by atoms with van der Waals surface area (Å²) in [5.74, 6) is 0.976. The molecule has 12 heavy (non-hydrogen) atoms. The Bertz CT molecular complexity index is 264.